The molecule has 2 rings (SSSR count). The van der Waals surface area contributed by atoms with E-state index < -0.39 is 13.2 Å². The highest BCUT2D eigenvalue weighted by atomic mass is 28.4. The first-order valence-corrected chi connectivity index (χ1v) is 11.6. The van der Waals surface area contributed by atoms with Crippen LogP contribution in [0.3, 0.4) is 0 Å². The molecular weight excluding hydrogens is 350 g/mol. The van der Waals surface area contributed by atoms with Gasteiger partial charge in [-0.25, -0.2) is 9.67 Å². The lowest BCUT2D eigenvalue weighted by Crippen LogP contribution is -2.40. The summed E-state index contributed by atoms with van der Waals surface area (Å²) in [5, 5.41) is 19.5. The van der Waals surface area contributed by atoms with E-state index in [9.17, 15) is 10.1 Å². The van der Waals surface area contributed by atoms with E-state index >= 15 is 0 Å². The average Bonchev–Trinajstić information content (AvgIpc) is 2.94. The molecule has 2 aromatic heterocycles. The summed E-state index contributed by atoms with van der Waals surface area (Å²) >= 11 is 0. The predicted molar refractivity (Wildman–Crippen MR) is 102 cm³/mol. The fourth-order valence-corrected chi connectivity index (χ4v) is 3.20. The van der Waals surface area contributed by atoms with E-state index in [1.807, 2.05) is 6.92 Å². The molecule has 0 aliphatic heterocycles. The van der Waals surface area contributed by atoms with Gasteiger partial charge in [0, 0.05) is 12.6 Å². The predicted octanol–water partition coefficient (Wildman–Crippen LogP) is 4.10. The van der Waals surface area contributed by atoms with Crippen LogP contribution in [0.15, 0.2) is 12.1 Å². The molecule has 0 aromatic carbocycles. The molecular formula is C17H27N5O3Si. The van der Waals surface area contributed by atoms with Crippen LogP contribution in [-0.2, 0) is 17.6 Å². The third kappa shape index (κ3) is 3.99. The molecule has 0 fully saturated rings. The van der Waals surface area contributed by atoms with Crippen molar-refractivity contribution in [1.82, 2.24) is 20.0 Å². The molecule has 0 saturated carbocycles. The standard InChI is InChI=1S/C17H27N5O3Si/c1-8-21-15(11-25-26(6,7)17(3,4)5)16(19-20-21)13-9-10-14(22(23)24)12(2)18-13/h9-10H,8,11H2,1-7H3. The Hall–Kier alpha value is -2.13. The van der Waals surface area contributed by atoms with Gasteiger partial charge in [0.25, 0.3) is 5.69 Å². The van der Waals surface area contributed by atoms with Gasteiger partial charge >= 0.3 is 0 Å². The van der Waals surface area contributed by atoms with Gasteiger partial charge in [0.15, 0.2) is 8.32 Å². The van der Waals surface area contributed by atoms with Crippen molar-refractivity contribution >= 4 is 14.0 Å². The van der Waals surface area contributed by atoms with Gasteiger partial charge in [-0.2, -0.15) is 0 Å². The van der Waals surface area contributed by atoms with Crippen LogP contribution in [0.25, 0.3) is 11.4 Å². The Kier molecular flexibility index (Phi) is 5.62. The Balaban J connectivity index is 2.39. The second-order valence-corrected chi connectivity index (χ2v) is 12.6. The van der Waals surface area contributed by atoms with Gasteiger partial charge in [0.05, 0.1) is 22.9 Å². The van der Waals surface area contributed by atoms with Crippen molar-refractivity contribution in [2.24, 2.45) is 0 Å². The summed E-state index contributed by atoms with van der Waals surface area (Å²) in [6, 6.07) is 3.08. The second kappa shape index (κ2) is 7.24. The molecule has 0 amide bonds. The van der Waals surface area contributed by atoms with Crippen molar-refractivity contribution in [3.63, 3.8) is 0 Å². The molecule has 0 aliphatic rings. The minimum atomic E-state index is -1.93. The largest absolute Gasteiger partial charge is 0.411 e. The van der Waals surface area contributed by atoms with Crippen LogP contribution < -0.4 is 0 Å². The number of rotatable bonds is 6. The highest BCUT2D eigenvalue weighted by molar-refractivity contribution is 6.74. The number of hydrogen-bond acceptors (Lipinski definition) is 6. The zero-order valence-electron chi connectivity index (χ0n) is 16.5. The molecule has 26 heavy (non-hydrogen) atoms. The Bertz CT molecular complexity index is 811. The molecule has 2 aromatic rings. The molecule has 0 spiro atoms. The smallest absolute Gasteiger partial charge is 0.290 e. The van der Waals surface area contributed by atoms with Crippen LogP contribution in [0, 0.1) is 17.0 Å². The molecule has 0 atom stereocenters. The summed E-state index contributed by atoms with van der Waals surface area (Å²) in [4.78, 5) is 14.9. The average molecular weight is 378 g/mol. The Morgan fingerprint density at radius 3 is 2.46 bits per heavy atom. The van der Waals surface area contributed by atoms with Gasteiger partial charge in [-0.3, -0.25) is 10.1 Å². The molecule has 0 N–H and O–H groups in total. The number of hydrogen-bond donors (Lipinski definition) is 0. The highest BCUT2D eigenvalue weighted by Crippen LogP contribution is 2.37. The third-order valence-corrected chi connectivity index (χ3v) is 9.49. The van der Waals surface area contributed by atoms with Crippen molar-refractivity contribution in [2.75, 3.05) is 0 Å². The molecule has 0 saturated heterocycles. The van der Waals surface area contributed by atoms with Crippen molar-refractivity contribution < 1.29 is 9.35 Å². The van der Waals surface area contributed by atoms with Gasteiger partial charge < -0.3 is 4.43 Å². The van der Waals surface area contributed by atoms with E-state index in [1.165, 1.54) is 6.07 Å². The van der Waals surface area contributed by atoms with E-state index in [0.29, 0.717) is 30.2 Å². The minimum absolute atomic E-state index is 0.00398. The van der Waals surface area contributed by atoms with Crippen molar-refractivity contribution in [3.05, 3.63) is 33.6 Å². The highest BCUT2D eigenvalue weighted by Gasteiger charge is 2.37. The normalized spacial score (nSPS) is 12.4. The quantitative estimate of drug-likeness (QED) is 0.427. The first-order valence-electron chi connectivity index (χ1n) is 8.66. The number of nitrogens with zero attached hydrogens (tertiary/aromatic N) is 5. The molecule has 0 unspecified atom stereocenters. The van der Waals surface area contributed by atoms with Gasteiger partial charge in [0.2, 0.25) is 0 Å². The molecule has 0 aliphatic carbocycles. The number of aromatic nitrogens is 4. The fraction of sp³-hybridized carbons (Fsp3) is 0.588. The van der Waals surface area contributed by atoms with Crippen molar-refractivity contribution in [2.45, 2.75) is 65.9 Å². The maximum Gasteiger partial charge on any atom is 0.290 e. The van der Waals surface area contributed by atoms with Crippen molar-refractivity contribution in [1.29, 1.82) is 0 Å². The molecule has 0 bridgehead atoms. The lowest BCUT2D eigenvalue weighted by molar-refractivity contribution is -0.385. The fourth-order valence-electron chi connectivity index (χ4n) is 2.27. The topological polar surface area (TPSA) is 96.0 Å². The Labute approximate surface area is 154 Å². The van der Waals surface area contributed by atoms with Gasteiger partial charge in [-0.05, 0) is 38.0 Å². The van der Waals surface area contributed by atoms with Crippen LogP contribution in [-0.4, -0.2) is 33.2 Å². The van der Waals surface area contributed by atoms with E-state index in [0.717, 1.165) is 5.69 Å². The van der Waals surface area contributed by atoms with E-state index in [-0.39, 0.29) is 10.7 Å². The SMILES string of the molecule is CCn1nnc(-c2ccc([N+](=O)[O-])c(C)n2)c1CO[Si](C)(C)C(C)(C)C. The first-order chi connectivity index (χ1) is 12.0. The maximum absolute atomic E-state index is 11.0. The van der Waals surface area contributed by atoms with Gasteiger partial charge in [-0.1, -0.05) is 26.0 Å². The molecule has 142 valence electrons. The lowest BCUT2D eigenvalue weighted by atomic mass is 10.2. The van der Waals surface area contributed by atoms with Crippen LogP contribution in [0.2, 0.25) is 18.1 Å². The number of aryl methyl sites for hydroxylation is 2. The second-order valence-electron chi connectivity index (χ2n) is 7.81. The van der Waals surface area contributed by atoms with Crippen molar-refractivity contribution in [3.8, 4) is 11.4 Å². The van der Waals surface area contributed by atoms with Gasteiger partial charge in [0.1, 0.15) is 11.4 Å². The van der Waals surface area contributed by atoms with Crippen LogP contribution >= 0.6 is 0 Å². The lowest BCUT2D eigenvalue weighted by Gasteiger charge is -2.36. The van der Waals surface area contributed by atoms with Crippen LogP contribution in [0.1, 0.15) is 39.1 Å². The molecule has 0 radical (unpaired) electrons. The number of nitro groups is 1. The van der Waals surface area contributed by atoms with E-state index in [2.05, 4.69) is 49.2 Å². The van der Waals surface area contributed by atoms with Gasteiger partial charge in [-0.15, -0.1) is 5.10 Å². The number of pyridine rings is 1. The van der Waals surface area contributed by atoms with E-state index in [1.54, 1.807) is 17.7 Å². The van der Waals surface area contributed by atoms with E-state index in [4.69, 9.17) is 4.43 Å². The Morgan fingerprint density at radius 1 is 1.31 bits per heavy atom. The Morgan fingerprint density at radius 2 is 1.96 bits per heavy atom. The molecule has 2 heterocycles. The molecule has 8 nitrogen and oxygen atoms in total. The third-order valence-electron chi connectivity index (χ3n) is 5.01. The zero-order valence-corrected chi connectivity index (χ0v) is 17.5. The van der Waals surface area contributed by atoms with Crippen LogP contribution in [0.5, 0.6) is 0 Å². The zero-order chi connectivity index (χ0) is 19.7. The summed E-state index contributed by atoms with van der Waals surface area (Å²) < 4.78 is 8.13. The molecule has 9 heteroatoms. The maximum atomic E-state index is 11.0. The monoisotopic (exact) mass is 377 g/mol. The summed E-state index contributed by atoms with van der Waals surface area (Å²) in [6.45, 7) is 15.6. The summed E-state index contributed by atoms with van der Waals surface area (Å²) in [7, 11) is -1.93. The minimum Gasteiger partial charge on any atom is -0.411 e. The summed E-state index contributed by atoms with van der Waals surface area (Å²) in [5.41, 5.74) is 2.38. The first kappa shape index (κ1) is 20.2. The van der Waals surface area contributed by atoms with Crippen LogP contribution in [0.4, 0.5) is 5.69 Å². The summed E-state index contributed by atoms with van der Waals surface area (Å²) in [5.74, 6) is 0. The summed E-state index contributed by atoms with van der Waals surface area (Å²) in [6.07, 6.45) is 0.